The van der Waals surface area contributed by atoms with Crippen molar-refractivity contribution in [2.45, 2.75) is 6.92 Å². The van der Waals surface area contributed by atoms with E-state index in [-0.39, 0.29) is 11.5 Å². The van der Waals surface area contributed by atoms with Gasteiger partial charge in [-0.05, 0) is 35.7 Å². The molecule has 0 aliphatic rings. The Morgan fingerprint density at radius 1 is 1.04 bits per heavy atom. The summed E-state index contributed by atoms with van der Waals surface area (Å²) in [6.07, 6.45) is 0. The molecule has 25 heavy (non-hydrogen) atoms. The SMILES string of the molecule is CC(=O)Nc1cc2cccc3c(=O)n4c5ccccc5nc4c(c1)c23. The van der Waals surface area contributed by atoms with Crippen LogP contribution in [-0.2, 0) is 4.79 Å². The van der Waals surface area contributed by atoms with Gasteiger partial charge in [-0.2, -0.15) is 0 Å². The Bertz CT molecular complexity index is 1370. The highest BCUT2D eigenvalue weighted by molar-refractivity contribution is 6.17. The molecule has 0 bridgehead atoms. The van der Waals surface area contributed by atoms with Gasteiger partial charge in [0.2, 0.25) is 5.91 Å². The predicted octanol–water partition coefficient (Wildman–Crippen LogP) is 3.55. The number of anilines is 1. The monoisotopic (exact) mass is 327 g/mol. The minimum absolute atomic E-state index is 0.0749. The Morgan fingerprint density at radius 2 is 1.88 bits per heavy atom. The number of carbonyl (C=O) groups is 1. The van der Waals surface area contributed by atoms with Gasteiger partial charge in [-0.1, -0.05) is 24.3 Å². The summed E-state index contributed by atoms with van der Waals surface area (Å²) in [6, 6.07) is 17.0. The van der Waals surface area contributed by atoms with Crippen LogP contribution in [0.3, 0.4) is 0 Å². The zero-order chi connectivity index (χ0) is 17.1. The maximum atomic E-state index is 13.1. The van der Waals surface area contributed by atoms with Gasteiger partial charge in [0.25, 0.3) is 5.56 Å². The maximum Gasteiger partial charge on any atom is 0.264 e. The van der Waals surface area contributed by atoms with Crippen molar-refractivity contribution in [3.05, 3.63) is 65.0 Å². The fourth-order valence-electron chi connectivity index (χ4n) is 3.59. The van der Waals surface area contributed by atoms with Crippen LogP contribution in [0, 0.1) is 0 Å². The molecule has 0 saturated carbocycles. The van der Waals surface area contributed by atoms with Crippen LogP contribution >= 0.6 is 0 Å². The van der Waals surface area contributed by atoms with Gasteiger partial charge in [0, 0.05) is 28.8 Å². The first kappa shape index (κ1) is 13.9. The van der Waals surface area contributed by atoms with Crippen molar-refractivity contribution in [3.8, 4) is 0 Å². The summed E-state index contributed by atoms with van der Waals surface area (Å²) in [4.78, 5) is 29.2. The summed E-state index contributed by atoms with van der Waals surface area (Å²) < 4.78 is 1.66. The summed E-state index contributed by atoms with van der Waals surface area (Å²) >= 11 is 0. The summed E-state index contributed by atoms with van der Waals surface area (Å²) in [5, 5.41) is 6.12. The number of nitrogens with one attached hydrogen (secondary N) is 1. The van der Waals surface area contributed by atoms with Crippen molar-refractivity contribution in [3.63, 3.8) is 0 Å². The Labute approximate surface area is 141 Å². The third-order valence-corrected chi connectivity index (χ3v) is 4.53. The van der Waals surface area contributed by atoms with E-state index >= 15 is 0 Å². The van der Waals surface area contributed by atoms with Crippen molar-refractivity contribution in [1.29, 1.82) is 0 Å². The predicted molar refractivity (Wildman–Crippen MR) is 99.5 cm³/mol. The third kappa shape index (κ3) is 1.86. The van der Waals surface area contributed by atoms with Crippen LogP contribution in [0.2, 0.25) is 0 Å². The van der Waals surface area contributed by atoms with Gasteiger partial charge < -0.3 is 5.32 Å². The minimum atomic E-state index is -0.136. The maximum absolute atomic E-state index is 13.1. The standard InChI is InChI=1S/C20H13N3O2/c1-11(24)21-13-9-12-5-4-6-14-18(12)15(10-13)19-22-16-7-2-3-8-17(16)23(19)20(14)25/h2-10H,1H3,(H,21,24). The van der Waals surface area contributed by atoms with Gasteiger partial charge in [0.05, 0.1) is 11.0 Å². The van der Waals surface area contributed by atoms with E-state index in [1.807, 2.05) is 54.6 Å². The molecule has 2 aromatic heterocycles. The van der Waals surface area contributed by atoms with Gasteiger partial charge in [0.15, 0.2) is 0 Å². The van der Waals surface area contributed by atoms with Crippen molar-refractivity contribution in [2.75, 3.05) is 5.32 Å². The summed E-state index contributed by atoms with van der Waals surface area (Å²) in [6.45, 7) is 1.48. The highest BCUT2D eigenvalue weighted by Crippen LogP contribution is 2.32. The van der Waals surface area contributed by atoms with E-state index in [2.05, 4.69) is 10.3 Å². The van der Waals surface area contributed by atoms with E-state index in [1.165, 1.54) is 6.92 Å². The van der Waals surface area contributed by atoms with Gasteiger partial charge in [-0.25, -0.2) is 4.98 Å². The normalized spacial score (nSPS) is 11.7. The number of hydrogen-bond acceptors (Lipinski definition) is 3. The van der Waals surface area contributed by atoms with Crippen molar-refractivity contribution in [2.24, 2.45) is 0 Å². The number of pyridine rings is 1. The Hall–Kier alpha value is -3.47. The zero-order valence-corrected chi connectivity index (χ0v) is 13.4. The van der Waals surface area contributed by atoms with Crippen molar-refractivity contribution < 1.29 is 4.79 Å². The molecule has 0 radical (unpaired) electrons. The zero-order valence-electron chi connectivity index (χ0n) is 13.4. The first-order valence-corrected chi connectivity index (χ1v) is 8.00. The number of nitrogens with zero attached hydrogens (tertiary/aromatic N) is 2. The van der Waals surface area contributed by atoms with Gasteiger partial charge in [0.1, 0.15) is 5.65 Å². The van der Waals surface area contributed by atoms with Crippen LogP contribution in [0.5, 0.6) is 0 Å². The lowest BCUT2D eigenvalue weighted by atomic mass is 10.0. The quantitative estimate of drug-likeness (QED) is 0.512. The summed E-state index contributed by atoms with van der Waals surface area (Å²) in [5.41, 5.74) is 2.79. The average Bonchev–Trinajstić information content (AvgIpc) is 2.98. The second kappa shape index (κ2) is 4.77. The number of amides is 1. The van der Waals surface area contributed by atoms with Crippen LogP contribution in [0.1, 0.15) is 6.92 Å². The lowest BCUT2D eigenvalue weighted by molar-refractivity contribution is -0.114. The average molecular weight is 327 g/mol. The molecule has 0 atom stereocenters. The molecule has 1 N–H and O–H groups in total. The molecule has 3 aromatic carbocycles. The lowest BCUT2D eigenvalue weighted by Gasteiger charge is -2.10. The van der Waals surface area contributed by atoms with Crippen LogP contribution < -0.4 is 10.9 Å². The second-order valence-corrected chi connectivity index (χ2v) is 6.17. The molecule has 0 fully saturated rings. The van der Waals surface area contributed by atoms with E-state index in [9.17, 15) is 9.59 Å². The molecule has 120 valence electrons. The van der Waals surface area contributed by atoms with Crippen molar-refractivity contribution in [1.82, 2.24) is 9.38 Å². The fraction of sp³-hybridized carbons (Fsp3) is 0.0500. The summed E-state index contributed by atoms with van der Waals surface area (Å²) in [7, 11) is 0. The number of benzene rings is 3. The van der Waals surface area contributed by atoms with Gasteiger partial charge >= 0.3 is 0 Å². The molecular weight excluding hydrogens is 314 g/mol. The fourth-order valence-corrected chi connectivity index (χ4v) is 3.59. The van der Waals surface area contributed by atoms with Crippen LogP contribution in [0.25, 0.3) is 38.2 Å². The number of rotatable bonds is 1. The summed E-state index contributed by atoms with van der Waals surface area (Å²) in [5.74, 6) is -0.136. The molecule has 5 nitrogen and oxygen atoms in total. The van der Waals surface area contributed by atoms with Crippen LogP contribution in [0.15, 0.2) is 59.4 Å². The highest BCUT2D eigenvalue weighted by Gasteiger charge is 2.16. The highest BCUT2D eigenvalue weighted by atomic mass is 16.1. The molecular formula is C20H13N3O2. The molecule has 1 amide bonds. The molecule has 5 rings (SSSR count). The minimum Gasteiger partial charge on any atom is -0.326 e. The third-order valence-electron chi connectivity index (χ3n) is 4.53. The van der Waals surface area contributed by atoms with E-state index in [1.54, 1.807) is 4.40 Å². The molecule has 0 unspecified atom stereocenters. The molecule has 5 aromatic rings. The van der Waals surface area contributed by atoms with Gasteiger partial charge in [-0.3, -0.25) is 14.0 Å². The first-order chi connectivity index (χ1) is 12.1. The number of hydrogen-bond donors (Lipinski definition) is 1. The lowest BCUT2D eigenvalue weighted by Crippen LogP contribution is -2.13. The number of aromatic nitrogens is 2. The Morgan fingerprint density at radius 3 is 2.72 bits per heavy atom. The van der Waals surface area contributed by atoms with Crippen LogP contribution in [0.4, 0.5) is 5.69 Å². The topological polar surface area (TPSA) is 63.5 Å². The van der Waals surface area contributed by atoms with E-state index in [4.69, 9.17) is 0 Å². The second-order valence-electron chi connectivity index (χ2n) is 6.17. The van der Waals surface area contributed by atoms with E-state index in [0.717, 1.165) is 27.2 Å². The van der Waals surface area contributed by atoms with Crippen LogP contribution in [-0.4, -0.2) is 15.3 Å². The Balaban J connectivity index is 2.08. The number of carbonyl (C=O) groups excluding carboxylic acids is 1. The smallest absolute Gasteiger partial charge is 0.264 e. The molecule has 2 heterocycles. The largest absolute Gasteiger partial charge is 0.326 e. The molecule has 0 aliphatic carbocycles. The molecule has 0 aliphatic heterocycles. The molecule has 0 saturated heterocycles. The van der Waals surface area contributed by atoms with Crippen molar-refractivity contribution >= 4 is 49.8 Å². The Kier molecular flexibility index (Phi) is 2.65. The molecule has 5 heteroatoms. The molecule has 0 spiro atoms. The van der Waals surface area contributed by atoms with E-state index in [0.29, 0.717) is 16.7 Å². The number of imidazole rings is 1. The van der Waals surface area contributed by atoms with Gasteiger partial charge in [-0.15, -0.1) is 0 Å². The van der Waals surface area contributed by atoms with E-state index < -0.39 is 0 Å². The number of fused-ring (bicyclic) bond motifs is 4. The number of para-hydroxylation sites is 2. The first-order valence-electron chi connectivity index (χ1n) is 8.00.